The molecule has 10 nitrogen and oxygen atoms in total. The molecule has 0 radical (unpaired) electrons. The predicted molar refractivity (Wildman–Crippen MR) is 258 cm³/mol. The van der Waals surface area contributed by atoms with Crippen molar-refractivity contribution in [2.45, 2.75) is 82.5 Å². The summed E-state index contributed by atoms with van der Waals surface area (Å²) in [5.41, 5.74) is 4.72. The van der Waals surface area contributed by atoms with Crippen molar-refractivity contribution in [3.05, 3.63) is 168 Å². The van der Waals surface area contributed by atoms with Crippen LogP contribution in [-0.2, 0) is 34.1 Å². The van der Waals surface area contributed by atoms with Crippen molar-refractivity contribution >= 4 is 34.2 Å². The molecule has 3 aliphatic rings. The van der Waals surface area contributed by atoms with Crippen LogP contribution < -0.4 is 9.47 Å². The molecular weight excluding hydrogens is 871 g/mol. The number of fused-ring (bicyclic) bond motifs is 3. The first-order chi connectivity index (χ1) is 32.9. The van der Waals surface area contributed by atoms with Crippen molar-refractivity contribution in [3.8, 4) is 11.5 Å². The third kappa shape index (κ3) is 10.7. The monoisotopic (exact) mass is 930 g/mol. The molecule has 5 aromatic carbocycles. The Balaban J connectivity index is 1.34. The van der Waals surface area contributed by atoms with Crippen LogP contribution in [0.25, 0.3) is 10.8 Å². The minimum atomic E-state index is -1.53. The van der Waals surface area contributed by atoms with Crippen LogP contribution in [0.3, 0.4) is 0 Å². The standard InChI is InChI=1S/C55H60ClFN2O8/c1-2-30-65-55-51(59(54(62)63-31-27-56)35-41-21-14-20-39-17-6-8-22-44(39)41)34-49(58-66-36-38-15-4-3-5-16-38)46-32-40(18-10-12-28-60)45(23-11-13-29-61)52(53(46)55)47-33-43(25-26-50(47)67-55)64-37-42-19-7-9-24-48(42)57/h2-9,14-17,19-22,24-26,32-33,40,45,51-53,60-61H,1,10-13,18,23,27-31,34-37H2. The Morgan fingerprint density at radius 1 is 0.896 bits per heavy atom. The first-order valence-electron chi connectivity index (χ1n) is 23.5. The Morgan fingerprint density at radius 3 is 2.43 bits per heavy atom. The fourth-order valence-electron chi connectivity index (χ4n) is 10.4. The number of ether oxygens (including phenoxy) is 4. The average molecular weight is 932 g/mol. The van der Waals surface area contributed by atoms with Crippen LogP contribution in [-0.4, -0.2) is 71.1 Å². The number of hydrogen-bond acceptors (Lipinski definition) is 9. The zero-order chi connectivity index (χ0) is 46.6. The largest absolute Gasteiger partial charge is 0.489 e. The smallest absolute Gasteiger partial charge is 0.410 e. The number of aliphatic hydroxyl groups is 2. The van der Waals surface area contributed by atoms with E-state index in [1.54, 1.807) is 29.2 Å². The number of amides is 1. The molecule has 2 N–H and O–H groups in total. The molecule has 1 heterocycles. The van der Waals surface area contributed by atoms with E-state index in [-0.39, 0.29) is 82.1 Å². The molecule has 1 saturated carbocycles. The molecule has 5 aromatic rings. The van der Waals surface area contributed by atoms with Crippen molar-refractivity contribution in [1.82, 2.24) is 4.90 Å². The van der Waals surface area contributed by atoms with E-state index in [0.29, 0.717) is 35.6 Å². The molecule has 1 amide bonds. The highest BCUT2D eigenvalue weighted by Crippen LogP contribution is 2.62. The summed E-state index contributed by atoms with van der Waals surface area (Å²) in [6.45, 7) is 4.66. The molecule has 0 aromatic heterocycles. The molecular formula is C55H60ClFN2O8. The summed E-state index contributed by atoms with van der Waals surface area (Å²) in [5.74, 6) is -1.53. The van der Waals surface area contributed by atoms with Gasteiger partial charge in [-0.2, -0.15) is 0 Å². The van der Waals surface area contributed by atoms with E-state index in [1.807, 2.05) is 91.0 Å². The second kappa shape index (κ2) is 22.9. The number of unbranched alkanes of at least 4 members (excludes halogenated alkanes) is 2. The van der Waals surface area contributed by atoms with Crippen LogP contribution >= 0.6 is 11.6 Å². The maximum Gasteiger partial charge on any atom is 0.410 e. The second-order valence-electron chi connectivity index (χ2n) is 17.5. The van der Waals surface area contributed by atoms with E-state index < -0.39 is 23.8 Å². The molecule has 67 heavy (non-hydrogen) atoms. The SMILES string of the molecule is C=CCOC12Oc3ccc(OCc4ccccc4F)cc3C3C(CCCCO)C(CCCCO)C=C(C(=NOCc4ccccc4)CC1N(Cc1cccc4ccccc14)C(=O)OCCCl)C32. The highest BCUT2D eigenvalue weighted by Gasteiger charge is 2.65. The number of nitrogens with zero attached hydrogens (tertiary/aromatic N) is 2. The van der Waals surface area contributed by atoms with Crippen molar-refractivity contribution in [2.24, 2.45) is 22.9 Å². The maximum atomic E-state index is 14.9. The fourth-order valence-corrected chi connectivity index (χ4v) is 10.5. The summed E-state index contributed by atoms with van der Waals surface area (Å²) >= 11 is 6.18. The van der Waals surface area contributed by atoms with Gasteiger partial charge in [0.15, 0.2) is 0 Å². The van der Waals surface area contributed by atoms with Gasteiger partial charge >= 0.3 is 6.09 Å². The lowest BCUT2D eigenvalue weighted by atomic mass is 9.55. The topological polar surface area (TPSA) is 119 Å². The van der Waals surface area contributed by atoms with E-state index in [1.165, 1.54) is 6.07 Å². The van der Waals surface area contributed by atoms with Gasteiger partial charge < -0.3 is 34.0 Å². The fraction of sp³-hybridized carbons (Fsp3) is 0.382. The van der Waals surface area contributed by atoms with E-state index in [4.69, 9.17) is 40.5 Å². The molecule has 12 heteroatoms. The number of hydrogen-bond donors (Lipinski definition) is 2. The van der Waals surface area contributed by atoms with Crippen molar-refractivity contribution in [3.63, 3.8) is 0 Å². The van der Waals surface area contributed by atoms with Gasteiger partial charge in [0.1, 0.15) is 43.2 Å². The average Bonchev–Trinajstić information content (AvgIpc) is 3.35. The van der Waals surface area contributed by atoms with Crippen LogP contribution in [0.4, 0.5) is 9.18 Å². The number of carbonyl (C=O) groups is 1. The molecule has 1 fully saturated rings. The van der Waals surface area contributed by atoms with Gasteiger partial charge in [0.2, 0.25) is 5.79 Å². The molecule has 0 bridgehead atoms. The molecule has 352 valence electrons. The number of allylic oxidation sites excluding steroid dienone is 1. The van der Waals surface area contributed by atoms with Crippen molar-refractivity contribution in [2.75, 3.05) is 32.3 Å². The van der Waals surface area contributed by atoms with Gasteiger partial charge in [0.05, 0.1) is 30.7 Å². The molecule has 6 unspecified atom stereocenters. The highest BCUT2D eigenvalue weighted by atomic mass is 35.5. The normalized spacial score (nSPS) is 22.2. The molecule has 2 aliphatic carbocycles. The summed E-state index contributed by atoms with van der Waals surface area (Å²) in [6.07, 6.45) is 7.95. The Kier molecular flexibility index (Phi) is 16.3. The molecule has 8 rings (SSSR count). The van der Waals surface area contributed by atoms with E-state index in [0.717, 1.165) is 58.7 Å². The van der Waals surface area contributed by atoms with E-state index in [9.17, 15) is 19.4 Å². The van der Waals surface area contributed by atoms with Gasteiger partial charge in [-0.05, 0) is 89.3 Å². The molecule has 0 spiro atoms. The Bertz CT molecular complexity index is 2510. The Hall–Kier alpha value is -5.72. The van der Waals surface area contributed by atoms with Gasteiger partial charge in [-0.3, -0.25) is 4.90 Å². The van der Waals surface area contributed by atoms with Gasteiger partial charge in [-0.1, -0.05) is 121 Å². The van der Waals surface area contributed by atoms with Crippen molar-refractivity contribution < 1.29 is 43.2 Å². The van der Waals surface area contributed by atoms with Crippen molar-refractivity contribution in [1.29, 1.82) is 0 Å². The van der Waals surface area contributed by atoms with Crippen LogP contribution in [0.15, 0.2) is 145 Å². The van der Waals surface area contributed by atoms with Gasteiger partial charge in [-0.25, -0.2) is 9.18 Å². The van der Waals surface area contributed by atoms with Gasteiger partial charge in [0, 0.05) is 36.7 Å². The second-order valence-corrected chi connectivity index (χ2v) is 17.9. The van der Waals surface area contributed by atoms with Crippen LogP contribution in [0.1, 0.15) is 73.1 Å². The third-order valence-electron chi connectivity index (χ3n) is 13.4. The summed E-state index contributed by atoms with van der Waals surface area (Å²) in [7, 11) is 0. The Labute approximate surface area is 397 Å². The quantitative estimate of drug-likeness (QED) is 0.0305. The number of halogens is 2. The number of aliphatic hydroxyl groups excluding tert-OH is 2. The number of rotatable bonds is 22. The zero-order valence-corrected chi connectivity index (χ0v) is 38.6. The lowest BCUT2D eigenvalue weighted by Gasteiger charge is -2.59. The van der Waals surface area contributed by atoms with E-state index >= 15 is 0 Å². The van der Waals surface area contributed by atoms with E-state index in [2.05, 4.69) is 12.7 Å². The zero-order valence-electron chi connectivity index (χ0n) is 37.8. The maximum absolute atomic E-state index is 14.9. The lowest BCUT2D eigenvalue weighted by Crippen LogP contribution is -2.70. The van der Waals surface area contributed by atoms with Gasteiger partial charge in [-0.15, -0.1) is 18.2 Å². The minimum Gasteiger partial charge on any atom is -0.489 e. The predicted octanol–water partition coefficient (Wildman–Crippen LogP) is 11.3. The minimum absolute atomic E-state index is 0.0141. The van der Waals surface area contributed by atoms with Crippen LogP contribution in [0.2, 0.25) is 0 Å². The van der Waals surface area contributed by atoms with Gasteiger partial charge in [0.25, 0.3) is 0 Å². The number of benzene rings is 5. The first kappa shape index (κ1) is 47.8. The third-order valence-corrected chi connectivity index (χ3v) is 13.5. The number of oxime groups is 1. The Morgan fingerprint density at radius 2 is 1.64 bits per heavy atom. The molecule has 6 atom stereocenters. The highest BCUT2D eigenvalue weighted by molar-refractivity contribution is 6.18. The molecule has 1 aliphatic heterocycles. The van der Waals surface area contributed by atoms with Crippen LogP contribution in [0.5, 0.6) is 11.5 Å². The summed E-state index contributed by atoms with van der Waals surface area (Å²) in [5, 5.41) is 27.0. The number of alkyl halides is 1. The summed E-state index contributed by atoms with van der Waals surface area (Å²) < 4.78 is 41.8. The first-order valence-corrected chi connectivity index (χ1v) is 24.0. The van der Waals surface area contributed by atoms with Crippen LogP contribution in [0, 0.1) is 23.6 Å². The summed E-state index contributed by atoms with van der Waals surface area (Å²) in [4.78, 5) is 22.8. The molecule has 0 saturated heterocycles. The summed E-state index contributed by atoms with van der Waals surface area (Å²) in [6, 6.07) is 35.4. The lowest BCUT2D eigenvalue weighted by molar-refractivity contribution is -0.256. The number of carbonyl (C=O) groups excluding carboxylic acids is 1.